The first-order chi connectivity index (χ1) is 8.29. The van der Waals surface area contributed by atoms with E-state index in [2.05, 4.69) is 6.07 Å². The third-order valence-electron chi connectivity index (χ3n) is 3.03. The summed E-state index contributed by atoms with van der Waals surface area (Å²) >= 11 is 0. The lowest BCUT2D eigenvalue weighted by molar-refractivity contribution is 0.420. The minimum Gasteiger partial charge on any atom is -0.508 e. The second-order valence-corrected chi connectivity index (χ2v) is 4.03. The van der Waals surface area contributed by atoms with Crippen LogP contribution in [-0.2, 0) is 0 Å². The zero-order valence-corrected chi connectivity index (χ0v) is 9.47. The average molecular weight is 224 g/mol. The molecule has 0 unspecified atom stereocenters. The van der Waals surface area contributed by atoms with Crippen molar-refractivity contribution in [2.45, 2.75) is 0 Å². The molecule has 0 amide bonds. The number of phenolic OH excluding ortho intramolecular Hbond substituents is 1. The molecule has 3 aromatic rings. The highest BCUT2D eigenvalue weighted by atomic mass is 16.5. The smallest absolute Gasteiger partial charge is 0.127 e. The summed E-state index contributed by atoms with van der Waals surface area (Å²) in [4.78, 5) is 0. The van der Waals surface area contributed by atoms with Gasteiger partial charge >= 0.3 is 0 Å². The summed E-state index contributed by atoms with van der Waals surface area (Å²) in [5.41, 5.74) is 0. The van der Waals surface area contributed by atoms with E-state index >= 15 is 0 Å². The number of hydrogen-bond donors (Lipinski definition) is 1. The fraction of sp³-hybridized carbons (Fsp3) is 0.0667. The van der Waals surface area contributed by atoms with Gasteiger partial charge in [-0.1, -0.05) is 24.3 Å². The van der Waals surface area contributed by atoms with Crippen molar-refractivity contribution in [1.29, 1.82) is 0 Å². The largest absolute Gasteiger partial charge is 0.508 e. The minimum atomic E-state index is 0.274. The quantitative estimate of drug-likeness (QED) is 0.638. The van der Waals surface area contributed by atoms with Gasteiger partial charge in [0.1, 0.15) is 11.5 Å². The Balaban J connectivity index is 2.56. The Labute approximate surface area is 99.1 Å². The highest BCUT2D eigenvalue weighted by Crippen LogP contribution is 2.34. The van der Waals surface area contributed by atoms with Gasteiger partial charge in [-0.05, 0) is 40.4 Å². The zero-order valence-electron chi connectivity index (χ0n) is 9.47. The number of rotatable bonds is 1. The lowest BCUT2D eigenvalue weighted by Crippen LogP contribution is -1.86. The van der Waals surface area contributed by atoms with Crippen molar-refractivity contribution >= 4 is 21.5 Å². The van der Waals surface area contributed by atoms with Crippen LogP contribution in [0.3, 0.4) is 0 Å². The summed E-state index contributed by atoms with van der Waals surface area (Å²) in [6.07, 6.45) is 0. The number of phenols is 1. The van der Waals surface area contributed by atoms with Crippen LogP contribution < -0.4 is 4.74 Å². The monoisotopic (exact) mass is 224 g/mol. The Bertz CT molecular complexity index is 702. The molecule has 3 aromatic carbocycles. The Morgan fingerprint density at radius 2 is 1.71 bits per heavy atom. The molecule has 0 aliphatic heterocycles. The van der Waals surface area contributed by atoms with Gasteiger partial charge in [-0.2, -0.15) is 0 Å². The van der Waals surface area contributed by atoms with Gasteiger partial charge in [0.15, 0.2) is 0 Å². The van der Waals surface area contributed by atoms with E-state index in [1.807, 2.05) is 30.3 Å². The van der Waals surface area contributed by atoms with Gasteiger partial charge in [-0.3, -0.25) is 0 Å². The van der Waals surface area contributed by atoms with Crippen molar-refractivity contribution in [2.75, 3.05) is 7.11 Å². The molecule has 0 aliphatic rings. The molecular weight excluding hydrogens is 212 g/mol. The predicted octanol–water partition coefficient (Wildman–Crippen LogP) is 3.71. The lowest BCUT2D eigenvalue weighted by atomic mass is 10.0. The molecule has 2 heteroatoms. The molecule has 0 aliphatic carbocycles. The molecule has 0 saturated heterocycles. The molecule has 0 aromatic heterocycles. The van der Waals surface area contributed by atoms with Crippen LogP contribution in [0.1, 0.15) is 0 Å². The van der Waals surface area contributed by atoms with Crippen LogP contribution >= 0.6 is 0 Å². The van der Waals surface area contributed by atoms with E-state index < -0.39 is 0 Å². The van der Waals surface area contributed by atoms with Crippen LogP contribution in [0.5, 0.6) is 11.5 Å². The van der Waals surface area contributed by atoms with Crippen molar-refractivity contribution in [3.63, 3.8) is 0 Å². The van der Waals surface area contributed by atoms with Crippen LogP contribution in [0.25, 0.3) is 21.5 Å². The molecule has 3 rings (SSSR count). The maximum atomic E-state index is 9.61. The molecule has 2 nitrogen and oxygen atoms in total. The molecule has 17 heavy (non-hydrogen) atoms. The molecule has 0 atom stereocenters. The highest BCUT2D eigenvalue weighted by Gasteiger charge is 2.07. The minimum absolute atomic E-state index is 0.274. The van der Waals surface area contributed by atoms with Crippen molar-refractivity contribution in [3.8, 4) is 11.5 Å². The summed E-state index contributed by atoms with van der Waals surface area (Å²) < 4.78 is 5.39. The molecular formula is C15H12O2. The number of aromatic hydroxyl groups is 1. The molecule has 0 bridgehead atoms. The molecule has 84 valence electrons. The van der Waals surface area contributed by atoms with Crippen LogP contribution in [0, 0.1) is 0 Å². The Kier molecular flexibility index (Phi) is 2.15. The number of ether oxygens (including phenoxy) is 1. The normalized spacial score (nSPS) is 10.9. The van der Waals surface area contributed by atoms with Crippen molar-refractivity contribution in [3.05, 3.63) is 48.5 Å². The number of methoxy groups -OCH3 is 1. The van der Waals surface area contributed by atoms with Gasteiger partial charge in [-0.25, -0.2) is 0 Å². The van der Waals surface area contributed by atoms with Gasteiger partial charge in [0.05, 0.1) is 7.11 Å². The molecule has 0 fully saturated rings. The van der Waals surface area contributed by atoms with E-state index in [0.29, 0.717) is 0 Å². The first-order valence-electron chi connectivity index (χ1n) is 5.48. The van der Waals surface area contributed by atoms with Gasteiger partial charge in [0, 0.05) is 5.39 Å². The molecule has 0 spiro atoms. The van der Waals surface area contributed by atoms with Crippen molar-refractivity contribution in [1.82, 2.24) is 0 Å². The third kappa shape index (κ3) is 1.49. The Hall–Kier alpha value is -2.22. The topological polar surface area (TPSA) is 29.5 Å². The fourth-order valence-corrected chi connectivity index (χ4v) is 2.23. The van der Waals surface area contributed by atoms with Gasteiger partial charge in [0.2, 0.25) is 0 Å². The SMILES string of the molecule is COc1cc2ccccc2c2cc(O)ccc12. The van der Waals surface area contributed by atoms with Crippen LogP contribution in [0.2, 0.25) is 0 Å². The second kappa shape index (κ2) is 3.67. The van der Waals surface area contributed by atoms with E-state index in [9.17, 15) is 5.11 Å². The molecule has 0 radical (unpaired) electrons. The van der Waals surface area contributed by atoms with E-state index in [0.717, 1.165) is 27.3 Å². The first-order valence-corrected chi connectivity index (χ1v) is 5.48. The number of benzene rings is 3. The number of fused-ring (bicyclic) bond motifs is 3. The Morgan fingerprint density at radius 3 is 2.53 bits per heavy atom. The fourth-order valence-electron chi connectivity index (χ4n) is 2.23. The van der Waals surface area contributed by atoms with Crippen LogP contribution in [-0.4, -0.2) is 12.2 Å². The van der Waals surface area contributed by atoms with Crippen molar-refractivity contribution < 1.29 is 9.84 Å². The average Bonchev–Trinajstić information content (AvgIpc) is 2.37. The zero-order chi connectivity index (χ0) is 11.8. The van der Waals surface area contributed by atoms with E-state index in [1.165, 1.54) is 0 Å². The molecule has 0 saturated carbocycles. The number of hydrogen-bond acceptors (Lipinski definition) is 2. The summed E-state index contributed by atoms with van der Waals surface area (Å²) in [6, 6.07) is 15.5. The van der Waals surface area contributed by atoms with Crippen LogP contribution in [0.4, 0.5) is 0 Å². The third-order valence-corrected chi connectivity index (χ3v) is 3.03. The summed E-state index contributed by atoms with van der Waals surface area (Å²) in [5, 5.41) is 13.9. The molecule has 0 heterocycles. The summed E-state index contributed by atoms with van der Waals surface area (Å²) in [7, 11) is 1.66. The maximum Gasteiger partial charge on any atom is 0.127 e. The maximum absolute atomic E-state index is 9.61. The van der Waals surface area contributed by atoms with Gasteiger partial charge in [-0.15, -0.1) is 0 Å². The summed E-state index contributed by atoms with van der Waals surface area (Å²) in [6.45, 7) is 0. The van der Waals surface area contributed by atoms with E-state index in [4.69, 9.17) is 4.74 Å². The predicted molar refractivity (Wildman–Crippen MR) is 69.7 cm³/mol. The Morgan fingerprint density at radius 1 is 0.882 bits per heavy atom. The first kappa shape index (κ1) is 9.97. The van der Waals surface area contributed by atoms with Gasteiger partial charge < -0.3 is 9.84 Å². The standard InChI is InChI=1S/C15H12O2/c1-17-15-8-10-4-2-3-5-12(10)14-9-11(16)6-7-13(14)15/h2-9,16H,1H3. The van der Waals surface area contributed by atoms with Crippen LogP contribution in [0.15, 0.2) is 48.5 Å². The lowest BCUT2D eigenvalue weighted by Gasteiger charge is -2.09. The van der Waals surface area contributed by atoms with Gasteiger partial charge in [0.25, 0.3) is 0 Å². The van der Waals surface area contributed by atoms with E-state index in [-0.39, 0.29) is 5.75 Å². The summed E-state index contributed by atoms with van der Waals surface area (Å²) in [5.74, 6) is 1.11. The highest BCUT2D eigenvalue weighted by molar-refractivity contribution is 6.10. The van der Waals surface area contributed by atoms with Crippen molar-refractivity contribution in [2.24, 2.45) is 0 Å². The van der Waals surface area contributed by atoms with E-state index in [1.54, 1.807) is 19.2 Å². The second-order valence-electron chi connectivity index (χ2n) is 4.03. The molecule has 1 N–H and O–H groups in total.